The van der Waals surface area contributed by atoms with Crippen LogP contribution in [-0.4, -0.2) is 35.0 Å². The monoisotopic (exact) mass is 328 g/mol. The topological polar surface area (TPSA) is 110 Å². The highest BCUT2D eigenvalue weighted by Crippen LogP contribution is 2.27. The number of aromatic nitrogens is 2. The van der Waals surface area contributed by atoms with E-state index in [1.165, 1.54) is 6.26 Å². The SMILES string of the molecule is CCNC(=O)CNC(=O)c1cc(-c2ccco2)nc2onc(C)c12. The van der Waals surface area contributed by atoms with E-state index in [-0.39, 0.29) is 18.2 Å². The lowest BCUT2D eigenvalue weighted by Crippen LogP contribution is -2.36. The molecule has 0 aromatic carbocycles. The number of carbonyl (C=O) groups is 2. The fourth-order valence-electron chi connectivity index (χ4n) is 2.34. The summed E-state index contributed by atoms with van der Waals surface area (Å²) in [5.41, 5.74) is 1.57. The van der Waals surface area contributed by atoms with Crippen LogP contribution in [0.5, 0.6) is 0 Å². The van der Waals surface area contributed by atoms with Crippen molar-refractivity contribution in [3.63, 3.8) is 0 Å². The Morgan fingerprint density at radius 2 is 2.12 bits per heavy atom. The Balaban J connectivity index is 1.97. The zero-order chi connectivity index (χ0) is 17.1. The number of nitrogens with one attached hydrogen (secondary N) is 2. The Bertz CT molecular complexity index is 883. The Kier molecular flexibility index (Phi) is 4.28. The maximum Gasteiger partial charge on any atom is 0.259 e. The van der Waals surface area contributed by atoms with Crippen molar-refractivity contribution in [3.8, 4) is 11.5 Å². The van der Waals surface area contributed by atoms with Gasteiger partial charge < -0.3 is 19.6 Å². The highest BCUT2D eigenvalue weighted by Gasteiger charge is 2.20. The minimum atomic E-state index is -0.409. The van der Waals surface area contributed by atoms with Gasteiger partial charge in [-0.3, -0.25) is 9.59 Å². The molecule has 0 aliphatic rings. The number of likely N-dealkylation sites (N-methyl/N-ethyl adjacent to an activating group) is 1. The third kappa shape index (κ3) is 2.98. The molecule has 3 rings (SSSR count). The second-order valence-electron chi connectivity index (χ2n) is 5.12. The molecule has 2 N–H and O–H groups in total. The van der Waals surface area contributed by atoms with Gasteiger partial charge in [0.05, 0.1) is 29.5 Å². The molecule has 0 fully saturated rings. The highest BCUT2D eigenvalue weighted by atomic mass is 16.5. The molecule has 124 valence electrons. The Labute approximate surface area is 137 Å². The molecule has 24 heavy (non-hydrogen) atoms. The number of furan rings is 1. The molecular weight excluding hydrogens is 312 g/mol. The van der Waals surface area contributed by atoms with Crippen LogP contribution in [0.4, 0.5) is 0 Å². The fraction of sp³-hybridized carbons (Fsp3) is 0.250. The molecule has 0 unspecified atom stereocenters. The van der Waals surface area contributed by atoms with Gasteiger partial charge in [-0.2, -0.15) is 0 Å². The molecule has 3 heterocycles. The summed E-state index contributed by atoms with van der Waals surface area (Å²) in [6.45, 7) is 3.92. The molecule has 0 aliphatic carbocycles. The fourth-order valence-corrected chi connectivity index (χ4v) is 2.34. The Morgan fingerprint density at radius 3 is 2.83 bits per heavy atom. The third-order valence-electron chi connectivity index (χ3n) is 3.42. The van der Waals surface area contributed by atoms with Gasteiger partial charge >= 0.3 is 0 Å². The van der Waals surface area contributed by atoms with Gasteiger partial charge in [-0.1, -0.05) is 5.16 Å². The molecule has 0 aliphatic heterocycles. The van der Waals surface area contributed by atoms with Crippen molar-refractivity contribution in [2.24, 2.45) is 0 Å². The highest BCUT2D eigenvalue weighted by molar-refractivity contribution is 6.07. The van der Waals surface area contributed by atoms with E-state index in [9.17, 15) is 9.59 Å². The molecule has 3 aromatic rings. The van der Waals surface area contributed by atoms with Crippen LogP contribution in [0, 0.1) is 6.92 Å². The second kappa shape index (κ2) is 6.53. The zero-order valence-electron chi connectivity index (χ0n) is 13.3. The number of amides is 2. The summed E-state index contributed by atoms with van der Waals surface area (Å²) >= 11 is 0. The predicted octanol–water partition coefficient (Wildman–Crippen LogP) is 1.66. The van der Waals surface area contributed by atoms with E-state index in [0.29, 0.717) is 34.6 Å². The molecule has 0 saturated heterocycles. The van der Waals surface area contributed by atoms with Gasteiger partial charge in [0.25, 0.3) is 11.6 Å². The lowest BCUT2D eigenvalue weighted by atomic mass is 10.1. The van der Waals surface area contributed by atoms with Crippen molar-refractivity contribution < 1.29 is 18.5 Å². The smallest absolute Gasteiger partial charge is 0.259 e. The molecule has 2 amide bonds. The second-order valence-corrected chi connectivity index (χ2v) is 5.12. The summed E-state index contributed by atoms with van der Waals surface area (Å²) in [5.74, 6) is -0.166. The van der Waals surface area contributed by atoms with Crippen molar-refractivity contribution in [2.75, 3.05) is 13.1 Å². The van der Waals surface area contributed by atoms with Gasteiger partial charge in [-0.05, 0) is 32.0 Å². The van der Waals surface area contributed by atoms with Crippen molar-refractivity contribution in [1.82, 2.24) is 20.8 Å². The molecular formula is C16H16N4O4. The minimum absolute atomic E-state index is 0.114. The normalized spacial score (nSPS) is 10.8. The standard InChI is InChI=1S/C16H16N4O4/c1-3-17-13(21)8-18-15(22)10-7-11(12-5-4-6-23-12)19-16-14(10)9(2)20-24-16/h4-7H,3,8H2,1-2H3,(H,17,21)(H,18,22). The number of fused-ring (bicyclic) bond motifs is 1. The molecule has 0 radical (unpaired) electrons. The molecule has 0 atom stereocenters. The number of carbonyl (C=O) groups excluding carboxylic acids is 2. The first-order valence-corrected chi connectivity index (χ1v) is 7.46. The van der Waals surface area contributed by atoms with Crippen LogP contribution in [0.3, 0.4) is 0 Å². The van der Waals surface area contributed by atoms with Gasteiger partial charge in [0, 0.05) is 6.54 Å². The van der Waals surface area contributed by atoms with Crippen LogP contribution in [-0.2, 0) is 4.79 Å². The van der Waals surface area contributed by atoms with Gasteiger partial charge in [-0.25, -0.2) is 4.98 Å². The van der Waals surface area contributed by atoms with E-state index in [0.717, 1.165) is 0 Å². The molecule has 3 aromatic heterocycles. The van der Waals surface area contributed by atoms with Crippen molar-refractivity contribution in [1.29, 1.82) is 0 Å². The number of pyridine rings is 1. The van der Waals surface area contributed by atoms with Gasteiger partial charge in [0.2, 0.25) is 5.91 Å². The number of hydrogen-bond acceptors (Lipinski definition) is 6. The quantitative estimate of drug-likeness (QED) is 0.737. The molecule has 8 heteroatoms. The van der Waals surface area contributed by atoms with Gasteiger partial charge in [0.15, 0.2) is 5.76 Å². The van der Waals surface area contributed by atoms with E-state index in [1.54, 1.807) is 25.1 Å². The predicted molar refractivity (Wildman–Crippen MR) is 85.3 cm³/mol. The maximum atomic E-state index is 12.5. The van der Waals surface area contributed by atoms with E-state index in [2.05, 4.69) is 20.8 Å². The van der Waals surface area contributed by atoms with E-state index >= 15 is 0 Å². The van der Waals surface area contributed by atoms with Crippen molar-refractivity contribution >= 4 is 22.9 Å². The molecule has 0 spiro atoms. The average Bonchev–Trinajstić information content (AvgIpc) is 3.22. The van der Waals surface area contributed by atoms with Crippen molar-refractivity contribution in [2.45, 2.75) is 13.8 Å². The average molecular weight is 328 g/mol. The summed E-state index contributed by atoms with van der Waals surface area (Å²) < 4.78 is 10.5. The maximum absolute atomic E-state index is 12.5. The van der Waals surface area contributed by atoms with E-state index in [1.807, 2.05) is 6.92 Å². The summed E-state index contributed by atoms with van der Waals surface area (Å²) in [4.78, 5) is 28.4. The van der Waals surface area contributed by atoms with Crippen LogP contribution in [0.15, 0.2) is 33.4 Å². The molecule has 8 nitrogen and oxygen atoms in total. The molecule has 0 bridgehead atoms. The van der Waals surface area contributed by atoms with Gasteiger partial charge in [-0.15, -0.1) is 0 Å². The van der Waals surface area contributed by atoms with Crippen LogP contribution in [0.1, 0.15) is 23.0 Å². The lowest BCUT2D eigenvalue weighted by molar-refractivity contribution is -0.120. The third-order valence-corrected chi connectivity index (χ3v) is 3.42. The zero-order valence-corrected chi connectivity index (χ0v) is 13.3. The number of nitrogens with zero attached hydrogens (tertiary/aromatic N) is 2. The van der Waals surface area contributed by atoms with Crippen molar-refractivity contribution in [3.05, 3.63) is 35.7 Å². The Hall–Kier alpha value is -3.16. The van der Waals surface area contributed by atoms with Gasteiger partial charge in [0.1, 0.15) is 5.69 Å². The van der Waals surface area contributed by atoms with E-state index < -0.39 is 5.91 Å². The van der Waals surface area contributed by atoms with Crippen LogP contribution in [0.25, 0.3) is 22.6 Å². The number of aryl methyl sites for hydroxylation is 1. The van der Waals surface area contributed by atoms with Crippen LogP contribution >= 0.6 is 0 Å². The number of rotatable bonds is 5. The van der Waals surface area contributed by atoms with Crippen LogP contribution in [0.2, 0.25) is 0 Å². The van der Waals surface area contributed by atoms with Crippen LogP contribution < -0.4 is 10.6 Å². The lowest BCUT2D eigenvalue weighted by Gasteiger charge is -2.07. The molecule has 0 saturated carbocycles. The number of hydrogen-bond donors (Lipinski definition) is 2. The summed E-state index contributed by atoms with van der Waals surface area (Å²) in [6, 6.07) is 5.05. The first-order valence-electron chi connectivity index (χ1n) is 7.46. The first-order chi connectivity index (χ1) is 11.6. The summed E-state index contributed by atoms with van der Waals surface area (Å²) in [7, 11) is 0. The Morgan fingerprint density at radius 1 is 1.29 bits per heavy atom. The summed E-state index contributed by atoms with van der Waals surface area (Å²) in [6.07, 6.45) is 1.52. The minimum Gasteiger partial charge on any atom is -0.463 e. The first kappa shape index (κ1) is 15.7. The van der Waals surface area contributed by atoms with E-state index in [4.69, 9.17) is 8.94 Å². The summed E-state index contributed by atoms with van der Waals surface area (Å²) in [5, 5.41) is 9.58. The largest absolute Gasteiger partial charge is 0.463 e.